The zero-order chi connectivity index (χ0) is 12.4. The number of hydrogen-bond acceptors (Lipinski definition) is 3. The Kier molecular flexibility index (Phi) is 3.15. The van der Waals surface area contributed by atoms with Crippen LogP contribution in [0.15, 0.2) is 46.9 Å². The van der Waals surface area contributed by atoms with Crippen LogP contribution < -0.4 is 5.43 Å². The van der Waals surface area contributed by atoms with Crippen LogP contribution in [-0.2, 0) is 6.42 Å². The number of hydrogen-bond donors (Lipinski definition) is 1. The molecule has 0 amide bonds. The summed E-state index contributed by atoms with van der Waals surface area (Å²) in [5.41, 5.74) is 7.01. The molecule has 0 saturated carbocycles. The number of rotatable bonds is 3. The predicted molar refractivity (Wildman–Crippen MR) is 77.2 cm³/mol. The first-order valence-electron chi connectivity index (χ1n) is 6.31. The van der Waals surface area contributed by atoms with Crippen molar-refractivity contribution in [2.24, 2.45) is 5.10 Å². The van der Waals surface area contributed by atoms with Gasteiger partial charge in [0.1, 0.15) is 0 Å². The van der Waals surface area contributed by atoms with Gasteiger partial charge >= 0.3 is 0 Å². The van der Waals surface area contributed by atoms with Crippen molar-refractivity contribution in [2.75, 3.05) is 0 Å². The Morgan fingerprint density at radius 2 is 2.11 bits per heavy atom. The van der Waals surface area contributed by atoms with Crippen molar-refractivity contribution in [3.05, 3.63) is 57.8 Å². The van der Waals surface area contributed by atoms with Gasteiger partial charge in [-0.25, -0.2) is 0 Å². The summed E-state index contributed by atoms with van der Waals surface area (Å²) in [5.74, 6) is 0. The minimum Gasteiger partial charge on any atom is -0.301 e. The minimum atomic E-state index is 0.353. The van der Waals surface area contributed by atoms with E-state index in [1.807, 2.05) is 0 Å². The topological polar surface area (TPSA) is 24.4 Å². The van der Waals surface area contributed by atoms with Gasteiger partial charge in [-0.1, -0.05) is 37.3 Å². The maximum absolute atomic E-state index is 4.47. The van der Waals surface area contributed by atoms with Crippen molar-refractivity contribution in [2.45, 2.75) is 25.8 Å². The summed E-state index contributed by atoms with van der Waals surface area (Å²) in [5, 5.41) is 6.59. The van der Waals surface area contributed by atoms with Crippen LogP contribution in [0.5, 0.6) is 0 Å². The summed E-state index contributed by atoms with van der Waals surface area (Å²) in [6.45, 7) is 2.18. The first-order chi connectivity index (χ1) is 8.86. The molecule has 1 aromatic heterocycles. The average Bonchev–Trinajstić information content (AvgIpc) is 3.09. The van der Waals surface area contributed by atoms with Crippen molar-refractivity contribution >= 4 is 17.0 Å². The predicted octanol–water partition coefficient (Wildman–Crippen LogP) is 3.75. The summed E-state index contributed by atoms with van der Waals surface area (Å²) < 4.78 is 0. The quantitative estimate of drug-likeness (QED) is 0.888. The fourth-order valence-electron chi connectivity index (χ4n) is 2.21. The highest BCUT2D eigenvalue weighted by molar-refractivity contribution is 7.10. The molecule has 18 heavy (non-hydrogen) atoms. The van der Waals surface area contributed by atoms with E-state index < -0.39 is 0 Å². The maximum atomic E-state index is 4.47. The number of hydrazone groups is 1. The molecule has 1 unspecified atom stereocenters. The second kappa shape index (κ2) is 4.94. The largest absolute Gasteiger partial charge is 0.301 e. The van der Waals surface area contributed by atoms with Crippen molar-refractivity contribution in [1.29, 1.82) is 0 Å². The smallest absolute Gasteiger partial charge is 0.0838 e. The fraction of sp³-hybridized carbons (Fsp3) is 0.267. The zero-order valence-corrected chi connectivity index (χ0v) is 11.2. The Labute approximate surface area is 111 Å². The van der Waals surface area contributed by atoms with Gasteiger partial charge in [-0.3, -0.25) is 0 Å². The lowest BCUT2D eigenvalue weighted by atomic mass is 10.0. The lowest BCUT2D eigenvalue weighted by Crippen LogP contribution is -2.07. The van der Waals surface area contributed by atoms with E-state index in [0.29, 0.717) is 6.04 Å². The van der Waals surface area contributed by atoms with Crippen LogP contribution in [0, 0.1) is 0 Å². The summed E-state index contributed by atoms with van der Waals surface area (Å²) in [6, 6.07) is 13.3. The van der Waals surface area contributed by atoms with E-state index >= 15 is 0 Å². The number of aryl methyl sites for hydroxylation is 1. The molecule has 92 valence electrons. The minimum absolute atomic E-state index is 0.353. The highest BCUT2D eigenvalue weighted by Gasteiger charge is 2.21. The van der Waals surface area contributed by atoms with Gasteiger partial charge in [0.05, 0.1) is 11.8 Å². The zero-order valence-electron chi connectivity index (χ0n) is 10.4. The lowest BCUT2D eigenvalue weighted by molar-refractivity contribution is 0.630. The molecule has 2 nitrogen and oxygen atoms in total. The highest BCUT2D eigenvalue weighted by Crippen LogP contribution is 2.27. The number of benzene rings is 1. The summed E-state index contributed by atoms with van der Waals surface area (Å²) in [4.78, 5) is 1.36. The van der Waals surface area contributed by atoms with Gasteiger partial charge in [-0.2, -0.15) is 5.10 Å². The van der Waals surface area contributed by atoms with Crippen molar-refractivity contribution in [3.8, 4) is 0 Å². The van der Waals surface area contributed by atoms with Crippen LogP contribution in [0.2, 0.25) is 0 Å². The summed E-state index contributed by atoms with van der Waals surface area (Å²) >= 11 is 1.79. The van der Waals surface area contributed by atoms with E-state index in [4.69, 9.17) is 0 Å². The molecular formula is C15H16N2S. The molecule has 2 heterocycles. The van der Waals surface area contributed by atoms with E-state index in [0.717, 1.165) is 18.6 Å². The molecule has 1 N–H and O–H groups in total. The highest BCUT2D eigenvalue weighted by atomic mass is 32.1. The number of thiophene rings is 1. The molecule has 3 rings (SSSR count). The third-order valence-corrected chi connectivity index (χ3v) is 4.32. The normalized spacial score (nSPS) is 18.5. The number of nitrogens with one attached hydrogen (secondary N) is 1. The third-order valence-electron chi connectivity index (χ3n) is 3.33. The van der Waals surface area contributed by atoms with Gasteiger partial charge in [0.2, 0.25) is 0 Å². The summed E-state index contributed by atoms with van der Waals surface area (Å²) in [7, 11) is 0. The van der Waals surface area contributed by atoms with Crippen LogP contribution in [0.3, 0.4) is 0 Å². The Morgan fingerprint density at radius 3 is 2.78 bits per heavy atom. The van der Waals surface area contributed by atoms with E-state index in [1.54, 1.807) is 11.3 Å². The monoisotopic (exact) mass is 256 g/mol. The Balaban J connectivity index is 1.74. The standard InChI is InChI=1S/C15H16N2S/c1-2-11-5-7-12(8-6-11)13-10-14(17-16-13)15-4-3-9-18-15/h3-9,14,17H,2,10H2,1H3. The molecular weight excluding hydrogens is 240 g/mol. The molecule has 0 fully saturated rings. The number of nitrogens with zero attached hydrogens (tertiary/aromatic N) is 1. The maximum Gasteiger partial charge on any atom is 0.0838 e. The van der Waals surface area contributed by atoms with Gasteiger partial charge in [-0.05, 0) is 29.0 Å². The summed E-state index contributed by atoms with van der Waals surface area (Å²) in [6.07, 6.45) is 2.06. The second-order valence-electron chi connectivity index (χ2n) is 4.51. The molecule has 1 aromatic carbocycles. The van der Waals surface area contributed by atoms with Gasteiger partial charge < -0.3 is 5.43 Å². The van der Waals surface area contributed by atoms with Crippen LogP contribution >= 0.6 is 11.3 Å². The van der Waals surface area contributed by atoms with Crippen LogP contribution in [-0.4, -0.2) is 5.71 Å². The fourth-order valence-corrected chi connectivity index (χ4v) is 2.98. The molecule has 3 heteroatoms. The molecule has 1 aliphatic rings. The average molecular weight is 256 g/mol. The molecule has 2 aromatic rings. The van der Waals surface area contributed by atoms with E-state index in [-0.39, 0.29) is 0 Å². The van der Waals surface area contributed by atoms with Crippen LogP contribution in [0.4, 0.5) is 0 Å². The molecule has 0 aliphatic carbocycles. The second-order valence-corrected chi connectivity index (χ2v) is 5.49. The van der Waals surface area contributed by atoms with Gasteiger partial charge in [-0.15, -0.1) is 11.3 Å². The first-order valence-corrected chi connectivity index (χ1v) is 7.19. The molecule has 1 aliphatic heterocycles. The molecule has 1 atom stereocenters. The molecule has 0 bridgehead atoms. The van der Waals surface area contributed by atoms with E-state index in [2.05, 4.69) is 59.2 Å². The Bertz CT molecular complexity index is 540. The SMILES string of the molecule is CCc1ccc(C2=NNC(c3cccs3)C2)cc1. The molecule has 0 spiro atoms. The van der Waals surface area contributed by atoms with Crippen molar-refractivity contribution in [3.63, 3.8) is 0 Å². The molecule has 0 saturated heterocycles. The first kappa shape index (κ1) is 11.5. The van der Waals surface area contributed by atoms with E-state index in [9.17, 15) is 0 Å². The Morgan fingerprint density at radius 1 is 1.28 bits per heavy atom. The van der Waals surface area contributed by atoms with Gasteiger partial charge in [0.15, 0.2) is 0 Å². The third kappa shape index (κ3) is 2.18. The Hall–Kier alpha value is -1.61. The lowest BCUT2D eigenvalue weighted by Gasteiger charge is -2.06. The van der Waals surface area contributed by atoms with Crippen LogP contribution in [0.25, 0.3) is 0 Å². The molecule has 0 radical (unpaired) electrons. The van der Waals surface area contributed by atoms with Crippen molar-refractivity contribution in [1.82, 2.24) is 5.43 Å². The van der Waals surface area contributed by atoms with E-state index in [1.165, 1.54) is 16.0 Å². The van der Waals surface area contributed by atoms with Crippen LogP contribution in [0.1, 0.15) is 35.4 Å². The van der Waals surface area contributed by atoms with Crippen molar-refractivity contribution < 1.29 is 0 Å². The van der Waals surface area contributed by atoms with Gasteiger partial charge in [0.25, 0.3) is 0 Å². The van der Waals surface area contributed by atoms with Gasteiger partial charge in [0, 0.05) is 11.3 Å².